The third-order valence-corrected chi connectivity index (χ3v) is 3.45. The zero-order valence-electron chi connectivity index (χ0n) is 10.7. The van der Waals surface area contributed by atoms with Gasteiger partial charge in [0.05, 0.1) is 11.6 Å². The van der Waals surface area contributed by atoms with Gasteiger partial charge in [0, 0.05) is 12.1 Å². The molecule has 0 atom stereocenters. The molecule has 0 radical (unpaired) electrons. The molecule has 1 rings (SSSR count). The van der Waals surface area contributed by atoms with Crippen molar-refractivity contribution in [3.05, 3.63) is 35.1 Å². The molecule has 1 aromatic carbocycles. The summed E-state index contributed by atoms with van der Waals surface area (Å²) >= 11 is 0. The van der Waals surface area contributed by atoms with Crippen molar-refractivity contribution < 1.29 is 4.39 Å². The molecule has 0 saturated carbocycles. The minimum atomic E-state index is -0.296. The zero-order valence-corrected chi connectivity index (χ0v) is 10.7. The Hall–Kier alpha value is -1.40. The first-order chi connectivity index (χ1) is 8.04. The van der Waals surface area contributed by atoms with Crippen LogP contribution in [0.5, 0.6) is 0 Å². The van der Waals surface area contributed by atoms with Crippen LogP contribution in [-0.2, 0) is 6.54 Å². The van der Waals surface area contributed by atoms with Gasteiger partial charge >= 0.3 is 0 Å². The molecule has 0 aliphatic rings. The van der Waals surface area contributed by atoms with E-state index in [1.165, 1.54) is 18.2 Å². The molecule has 0 aliphatic heterocycles. The predicted molar refractivity (Wildman–Crippen MR) is 66.9 cm³/mol. The number of hydrogen-bond acceptors (Lipinski definition) is 2. The summed E-state index contributed by atoms with van der Waals surface area (Å²) in [6.45, 7) is 6.90. The van der Waals surface area contributed by atoms with Crippen LogP contribution in [0.4, 0.5) is 4.39 Å². The number of rotatable bonds is 5. The van der Waals surface area contributed by atoms with Crippen LogP contribution in [0.25, 0.3) is 0 Å². The molecule has 17 heavy (non-hydrogen) atoms. The zero-order chi connectivity index (χ0) is 12.9. The summed E-state index contributed by atoms with van der Waals surface area (Å²) in [6, 6.07) is 6.37. The second-order valence-electron chi connectivity index (χ2n) is 4.53. The third kappa shape index (κ3) is 3.54. The molecular weight excluding hydrogens is 215 g/mol. The first-order valence-electron chi connectivity index (χ1n) is 5.98. The van der Waals surface area contributed by atoms with Crippen molar-refractivity contribution in [1.29, 1.82) is 5.26 Å². The number of nitrogens with zero attached hydrogens (tertiary/aromatic N) is 1. The molecule has 0 bridgehead atoms. The fourth-order valence-corrected chi connectivity index (χ4v) is 1.63. The highest BCUT2D eigenvalue weighted by Gasteiger charge is 2.18. The first kappa shape index (κ1) is 13.7. The van der Waals surface area contributed by atoms with E-state index in [4.69, 9.17) is 5.26 Å². The maximum atomic E-state index is 13.1. The van der Waals surface area contributed by atoms with Gasteiger partial charge < -0.3 is 5.32 Å². The number of benzene rings is 1. The Balaban J connectivity index is 2.82. The van der Waals surface area contributed by atoms with Crippen LogP contribution >= 0.6 is 0 Å². The van der Waals surface area contributed by atoms with Gasteiger partial charge in [-0.05, 0) is 43.5 Å². The fraction of sp³-hybridized carbons (Fsp3) is 0.500. The van der Waals surface area contributed by atoms with E-state index in [0.717, 1.165) is 18.4 Å². The van der Waals surface area contributed by atoms with Gasteiger partial charge in [-0.2, -0.15) is 5.26 Å². The Morgan fingerprint density at radius 1 is 1.35 bits per heavy atom. The number of hydrogen-bond donors (Lipinski definition) is 1. The molecule has 0 saturated heterocycles. The molecule has 0 amide bonds. The quantitative estimate of drug-likeness (QED) is 0.848. The van der Waals surface area contributed by atoms with Crippen LogP contribution in [0.1, 0.15) is 44.7 Å². The molecule has 0 unspecified atom stereocenters. The Morgan fingerprint density at radius 2 is 2.00 bits per heavy atom. The maximum absolute atomic E-state index is 13.1. The molecular formula is C14H19FN2. The second-order valence-corrected chi connectivity index (χ2v) is 4.53. The van der Waals surface area contributed by atoms with Gasteiger partial charge in [-0.15, -0.1) is 0 Å². The standard InChI is InChI=1S/C14H19FN2/c1-4-14(3,5-2)17-10-12-8-13(15)7-6-11(12)9-16/h6-8,17H,4-5,10H2,1-3H3. The molecule has 92 valence electrons. The largest absolute Gasteiger partial charge is 0.307 e. The van der Waals surface area contributed by atoms with E-state index in [0.29, 0.717) is 12.1 Å². The average Bonchev–Trinajstić information content (AvgIpc) is 2.36. The summed E-state index contributed by atoms with van der Waals surface area (Å²) in [5.41, 5.74) is 1.30. The summed E-state index contributed by atoms with van der Waals surface area (Å²) in [6.07, 6.45) is 2.00. The first-order valence-corrected chi connectivity index (χ1v) is 5.98. The van der Waals surface area contributed by atoms with Crippen LogP contribution in [0.2, 0.25) is 0 Å². The maximum Gasteiger partial charge on any atom is 0.123 e. The van der Waals surface area contributed by atoms with Crippen molar-refractivity contribution in [2.45, 2.75) is 45.7 Å². The second kappa shape index (κ2) is 5.79. The van der Waals surface area contributed by atoms with E-state index in [1.54, 1.807) is 0 Å². The van der Waals surface area contributed by atoms with Gasteiger partial charge in [0.2, 0.25) is 0 Å². The Morgan fingerprint density at radius 3 is 2.53 bits per heavy atom. The van der Waals surface area contributed by atoms with Crippen molar-refractivity contribution in [3.8, 4) is 6.07 Å². The molecule has 0 heterocycles. The Bertz CT molecular complexity index is 417. The van der Waals surface area contributed by atoms with E-state index in [1.807, 2.05) is 0 Å². The summed E-state index contributed by atoms with van der Waals surface area (Å²) in [5, 5.41) is 12.3. The van der Waals surface area contributed by atoms with Gasteiger partial charge in [-0.25, -0.2) is 4.39 Å². The lowest BCUT2D eigenvalue weighted by atomic mass is 9.95. The number of halogens is 1. The minimum absolute atomic E-state index is 0.0407. The smallest absolute Gasteiger partial charge is 0.123 e. The SMILES string of the molecule is CCC(C)(CC)NCc1cc(F)ccc1C#N. The highest BCUT2D eigenvalue weighted by Crippen LogP contribution is 2.16. The molecule has 1 aromatic rings. The predicted octanol–water partition coefficient (Wildman–Crippen LogP) is 3.37. The summed E-state index contributed by atoms with van der Waals surface area (Å²) < 4.78 is 13.1. The number of nitrogens with one attached hydrogen (secondary N) is 1. The monoisotopic (exact) mass is 234 g/mol. The molecule has 1 N–H and O–H groups in total. The topological polar surface area (TPSA) is 35.8 Å². The summed E-state index contributed by atoms with van der Waals surface area (Å²) in [7, 11) is 0. The van der Waals surface area contributed by atoms with Crippen LogP contribution in [0.3, 0.4) is 0 Å². The molecule has 0 fully saturated rings. The highest BCUT2D eigenvalue weighted by atomic mass is 19.1. The van der Waals surface area contributed by atoms with Gasteiger partial charge in [0.1, 0.15) is 5.82 Å². The average molecular weight is 234 g/mol. The van der Waals surface area contributed by atoms with Crippen LogP contribution in [-0.4, -0.2) is 5.54 Å². The molecule has 0 spiro atoms. The fourth-order valence-electron chi connectivity index (χ4n) is 1.63. The molecule has 3 heteroatoms. The van der Waals surface area contributed by atoms with Crippen LogP contribution < -0.4 is 5.32 Å². The normalized spacial score (nSPS) is 11.2. The molecule has 0 aliphatic carbocycles. The van der Waals surface area contributed by atoms with E-state index >= 15 is 0 Å². The van der Waals surface area contributed by atoms with Crippen LogP contribution in [0.15, 0.2) is 18.2 Å². The molecule has 2 nitrogen and oxygen atoms in total. The van der Waals surface area contributed by atoms with E-state index < -0.39 is 0 Å². The third-order valence-electron chi connectivity index (χ3n) is 3.45. The van der Waals surface area contributed by atoms with Crippen molar-refractivity contribution >= 4 is 0 Å². The summed E-state index contributed by atoms with van der Waals surface area (Å²) in [4.78, 5) is 0. The van der Waals surface area contributed by atoms with Crippen molar-refractivity contribution in [3.63, 3.8) is 0 Å². The van der Waals surface area contributed by atoms with Gasteiger partial charge in [-0.3, -0.25) is 0 Å². The van der Waals surface area contributed by atoms with Crippen molar-refractivity contribution in [1.82, 2.24) is 5.32 Å². The lowest BCUT2D eigenvalue weighted by Crippen LogP contribution is -2.40. The van der Waals surface area contributed by atoms with Crippen molar-refractivity contribution in [2.75, 3.05) is 0 Å². The van der Waals surface area contributed by atoms with Crippen LogP contribution in [0, 0.1) is 17.1 Å². The Labute approximate surface area is 102 Å². The minimum Gasteiger partial charge on any atom is -0.307 e. The Kier molecular flexibility index (Phi) is 4.65. The summed E-state index contributed by atoms with van der Waals surface area (Å²) in [5.74, 6) is -0.296. The van der Waals surface area contributed by atoms with Crippen molar-refractivity contribution in [2.24, 2.45) is 0 Å². The van der Waals surface area contributed by atoms with Gasteiger partial charge in [0.25, 0.3) is 0 Å². The number of nitriles is 1. The van der Waals surface area contributed by atoms with Gasteiger partial charge in [0.15, 0.2) is 0 Å². The highest BCUT2D eigenvalue weighted by molar-refractivity contribution is 5.37. The van der Waals surface area contributed by atoms with Gasteiger partial charge in [-0.1, -0.05) is 13.8 Å². The van der Waals surface area contributed by atoms with E-state index in [9.17, 15) is 4.39 Å². The lowest BCUT2D eigenvalue weighted by molar-refractivity contribution is 0.329. The lowest BCUT2D eigenvalue weighted by Gasteiger charge is -2.28. The van der Waals surface area contributed by atoms with E-state index in [2.05, 4.69) is 32.2 Å². The molecule has 0 aromatic heterocycles. The van der Waals surface area contributed by atoms with E-state index in [-0.39, 0.29) is 11.4 Å².